The van der Waals surface area contributed by atoms with Crippen LogP contribution in [0.2, 0.25) is 0 Å². The van der Waals surface area contributed by atoms with Gasteiger partial charge in [-0.1, -0.05) is 65.7 Å². The standard InChI is InChI=1S/C12H17.3C3H4O2.Ti/c1-8-9(2)11-6-4-5-7-12(11)10(8)3;3*1-2-3(4)5;/h6,10H,4-5,7H2,1-3H3;3*2H,1H2,(H,4,5);/q-1;;;;. The van der Waals surface area contributed by atoms with Gasteiger partial charge in [0, 0.05) is 39.9 Å². The summed E-state index contributed by atoms with van der Waals surface area (Å²) in [6.45, 7) is 15.8. The number of carboxylic acid groups (broad SMARTS) is 3. The van der Waals surface area contributed by atoms with Crippen molar-refractivity contribution in [1.82, 2.24) is 0 Å². The molecule has 0 fully saturated rings. The van der Waals surface area contributed by atoms with Crippen LogP contribution >= 0.6 is 0 Å². The Bertz CT molecular complexity index is 600. The fourth-order valence-electron chi connectivity index (χ4n) is 2.45. The molecule has 0 aliphatic heterocycles. The van der Waals surface area contributed by atoms with Crippen molar-refractivity contribution in [3.8, 4) is 0 Å². The van der Waals surface area contributed by atoms with Crippen molar-refractivity contribution in [3.05, 3.63) is 66.7 Å². The normalized spacial score (nSPS) is 15.9. The van der Waals surface area contributed by atoms with Gasteiger partial charge in [0.2, 0.25) is 0 Å². The summed E-state index contributed by atoms with van der Waals surface area (Å²) in [5, 5.41) is 22.8. The predicted molar refractivity (Wildman–Crippen MR) is 106 cm³/mol. The van der Waals surface area contributed by atoms with Crippen molar-refractivity contribution in [2.75, 3.05) is 0 Å². The summed E-state index contributed by atoms with van der Waals surface area (Å²) in [6, 6.07) is 0. The van der Waals surface area contributed by atoms with Crippen molar-refractivity contribution < 1.29 is 51.4 Å². The Balaban J connectivity index is -0.000000334. The predicted octanol–water partition coefficient (Wildman–Crippen LogP) is 4.43. The molecule has 6 nitrogen and oxygen atoms in total. The van der Waals surface area contributed by atoms with Gasteiger partial charge in [0.25, 0.3) is 0 Å². The number of carboxylic acids is 3. The Labute approximate surface area is 181 Å². The average Bonchev–Trinajstić information content (AvgIpc) is 2.87. The number of rotatable bonds is 3. The maximum atomic E-state index is 9.25. The minimum Gasteiger partial charge on any atom is -0.478 e. The van der Waals surface area contributed by atoms with Gasteiger partial charge in [-0.25, -0.2) is 14.4 Å². The summed E-state index contributed by atoms with van der Waals surface area (Å²) >= 11 is 0. The SMILES string of the molecule is C=CC(=O)O.C=CC(=O)O.C=CC(=O)O.CC1=C(C)C(C)C2=C1[CH-]CCC2.[Ti]. The molecule has 0 radical (unpaired) electrons. The Kier molecular flexibility index (Phi) is 18.3. The second-order valence-electron chi connectivity index (χ2n) is 5.69. The average molecular weight is 425 g/mol. The molecule has 0 aromatic heterocycles. The third-order valence-corrected chi connectivity index (χ3v) is 4.04. The van der Waals surface area contributed by atoms with E-state index in [0.29, 0.717) is 0 Å². The minimum atomic E-state index is -0.981. The van der Waals surface area contributed by atoms with E-state index in [0.717, 1.165) is 24.1 Å². The van der Waals surface area contributed by atoms with E-state index in [1.54, 1.807) is 22.3 Å². The first kappa shape index (κ1) is 30.4. The van der Waals surface area contributed by atoms with Crippen molar-refractivity contribution in [2.45, 2.75) is 40.0 Å². The molecule has 0 saturated carbocycles. The summed E-state index contributed by atoms with van der Waals surface area (Å²) in [5.41, 5.74) is 6.44. The number of carbonyl (C=O) groups is 3. The van der Waals surface area contributed by atoms with Gasteiger partial charge < -0.3 is 15.3 Å². The molecule has 3 N–H and O–H groups in total. The van der Waals surface area contributed by atoms with Gasteiger partial charge in [0.05, 0.1) is 0 Å². The molecule has 0 spiro atoms. The van der Waals surface area contributed by atoms with E-state index in [1.165, 1.54) is 19.3 Å². The van der Waals surface area contributed by atoms with Crippen LogP contribution in [0.5, 0.6) is 0 Å². The van der Waals surface area contributed by atoms with Gasteiger partial charge in [0.15, 0.2) is 0 Å². The van der Waals surface area contributed by atoms with Gasteiger partial charge in [-0.3, -0.25) is 0 Å². The van der Waals surface area contributed by atoms with Gasteiger partial charge in [-0.2, -0.15) is 23.1 Å². The van der Waals surface area contributed by atoms with E-state index >= 15 is 0 Å². The van der Waals surface area contributed by atoms with Gasteiger partial charge >= 0.3 is 17.9 Å². The van der Waals surface area contributed by atoms with Crippen LogP contribution in [0.1, 0.15) is 40.0 Å². The first-order valence-electron chi connectivity index (χ1n) is 8.33. The van der Waals surface area contributed by atoms with Crippen LogP contribution in [-0.4, -0.2) is 33.2 Å². The summed E-state index contributed by atoms with van der Waals surface area (Å²) in [4.78, 5) is 27.8. The number of hydrogen-bond donors (Lipinski definition) is 3. The quantitative estimate of drug-likeness (QED) is 0.351. The topological polar surface area (TPSA) is 112 Å². The Morgan fingerprint density at radius 3 is 1.61 bits per heavy atom. The molecule has 0 aromatic rings. The zero-order valence-corrected chi connectivity index (χ0v) is 18.3. The summed E-state index contributed by atoms with van der Waals surface area (Å²) in [6.07, 6.45) is 8.92. The minimum absolute atomic E-state index is 0. The Morgan fingerprint density at radius 2 is 1.32 bits per heavy atom. The molecule has 28 heavy (non-hydrogen) atoms. The van der Waals surface area contributed by atoms with Crippen molar-refractivity contribution >= 4 is 17.9 Å². The second kappa shape index (κ2) is 16.8. The van der Waals surface area contributed by atoms with Crippen LogP contribution in [0.3, 0.4) is 0 Å². The van der Waals surface area contributed by atoms with Crippen molar-refractivity contribution in [3.63, 3.8) is 0 Å². The van der Waals surface area contributed by atoms with E-state index in [4.69, 9.17) is 15.3 Å². The van der Waals surface area contributed by atoms with Crippen LogP contribution in [0.4, 0.5) is 0 Å². The van der Waals surface area contributed by atoms with Crippen LogP contribution in [0, 0.1) is 12.3 Å². The van der Waals surface area contributed by atoms with E-state index in [9.17, 15) is 14.4 Å². The maximum Gasteiger partial charge on any atom is 0.327 e. The molecular formula is C21H29O6Ti-. The number of hydrogen-bond acceptors (Lipinski definition) is 3. The van der Waals surface area contributed by atoms with Crippen LogP contribution in [0.25, 0.3) is 0 Å². The molecule has 0 amide bonds. The van der Waals surface area contributed by atoms with Crippen LogP contribution < -0.4 is 0 Å². The molecule has 2 aliphatic carbocycles. The molecule has 0 saturated heterocycles. The van der Waals surface area contributed by atoms with Crippen molar-refractivity contribution in [1.29, 1.82) is 0 Å². The summed E-state index contributed by atoms with van der Waals surface area (Å²) in [5.74, 6) is -2.21. The maximum absolute atomic E-state index is 9.25. The second-order valence-corrected chi connectivity index (χ2v) is 5.69. The molecular weight excluding hydrogens is 396 g/mol. The number of allylic oxidation sites excluding steroid dienone is 4. The largest absolute Gasteiger partial charge is 0.478 e. The van der Waals surface area contributed by atoms with E-state index in [2.05, 4.69) is 46.9 Å². The van der Waals surface area contributed by atoms with E-state index in [-0.39, 0.29) is 21.7 Å². The number of aliphatic carboxylic acids is 3. The van der Waals surface area contributed by atoms with Crippen LogP contribution in [-0.2, 0) is 36.1 Å². The zero-order valence-electron chi connectivity index (χ0n) is 16.7. The van der Waals surface area contributed by atoms with Crippen LogP contribution in [0.15, 0.2) is 60.3 Å². The molecule has 0 bridgehead atoms. The molecule has 0 heterocycles. The van der Waals surface area contributed by atoms with E-state index < -0.39 is 17.9 Å². The van der Waals surface area contributed by atoms with Gasteiger partial charge in [-0.15, -0.1) is 5.57 Å². The van der Waals surface area contributed by atoms with Gasteiger partial charge in [0.1, 0.15) is 0 Å². The third kappa shape index (κ3) is 13.0. The molecule has 0 aromatic carbocycles. The fourth-order valence-corrected chi connectivity index (χ4v) is 2.45. The Morgan fingerprint density at radius 1 is 0.964 bits per heavy atom. The first-order valence-corrected chi connectivity index (χ1v) is 8.33. The molecule has 7 heteroatoms. The third-order valence-electron chi connectivity index (χ3n) is 4.04. The monoisotopic (exact) mass is 425 g/mol. The van der Waals surface area contributed by atoms with E-state index in [1.807, 2.05) is 0 Å². The molecule has 1 atom stereocenters. The molecule has 2 aliphatic rings. The fraction of sp³-hybridized carbons (Fsp3) is 0.333. The molecule has 154 valence electrons. The smallest absolute Gasteiger partial charge is 0.327 e. The van der Waals surface area contributed by atoms with Crippen molar-refractivity contribution in [2.24, 2.45) is 5.92 Å². The Hall–Kier alpha value is -2.31. The molecule has 1 unspecified atom stereocenters. The summed E-state index contributed by atoms with van der Waals surface area (Å²) in [7, 11) is 0. The summed E-state index contributed by atoms with van der Waals surface area (Å²) < 4.78 is 0. The van der Waals surface area contributed by atoms with Gasteiger partial charge in [-0.05, 0) is 0 Å². The first-order chi connectivity index (χ1) is 12.5. The zero-order chi connectivity index (χ0) is 21.6. The molecule has 2 rings (SSSR count).